The van der Waals surface area contributed by atoms with Crippen LogP contribution in [-0.2, 0) is 9.59 Å². The Morgan fingerprint density at radius 1 is 0.680 bits per heavy atom. The first kappa shape index (κ1) is 26.1. The predicted octanol–water partition coefficient (Wildman–Crippen LogP) is 4.94. The molecule has 0 spiro atoms. The Morgan fingerprint density at radius 2 is 1.04 bits per heavy atom. The van der Waals surface area contributed by atoms with Crippen molar-refractivity contribution < 1.29 is 19.8 Å². The van der Waals surface area contributed by atoms with Gasteiger partial charge in [-0.3, -0.25) is 9.59 Å². The molecule has 0 aromatic heterocycles. The van der Waals surface area contributed by atoms with Crippen molar-refractivity contribution in [3.8, 4) is 0 Å². The van der Waals surface area contributed by atoms with Gasteiger partial charge in [-0.25, -0.2) is 0 Å². The standard InChI is InChI=1S/C16H30O4.C4H11N/c1-3-5-7-9-11-13(15(17)18)14(16(19)20)12-10-8-6-4-2;1-3-5-4-2/h13-14H,3-12H2,1-2H3,(H,17,18)(H,19,20);5H,3-4H2,1-2H3. The van der Waals surface area contributed by atoms with E-state index in [2.05, 4.69) is 33.0 Å². The number of aliphatic carboxylic acids is 2. The molecule has 0 aliphatic carbocycles. The summed E-state index contributed by atoms with van der Waals surface area (Å²) in [6.07, 6.45) is 8.92. The molecule has 0 rings (SSSR count). The minimum absolute atomic E-state index is 0.486. The summed E-state index contributed by atoms with van der Waals surface area (Å²) in [7, 11) is 0. The van der Waals surface area contributed by atoms with Gasteiger partial charge in [-0.15, -0.1) is 0 Å². The van der Waals surface area contributed by atoms with Crippen LogP contribution in [0.1, 0.15) is 91.9 Å². The fraction of sp³-hybridized carbons (Fsp3) is 0.900. The van der Waals surface area contributed by atoms with Crippen molar-refractivity contribution in [3.05, 3.63) is 0 Å². The van der Waals surface area contributed by atoms with E-state index in [9.17, 15) is 19.8 Å². The molecule has 0 bridgehead atoms. The van der Waals surface area contributed by atoms with Crippen LogP contribution in [0.3, 0.4) is 0 Å². The summed E-state index contributed by atoms with van der Waals surface area (Å²) < 4.78 is 0. The number of rotatable bonds is 15. The molecule has 5 heteroatoms. The fourth-order valence-corrected chi connectivity index (χ4v) is 2.83. The molecule has 0 saturated heterocycles. The largest absolute Gasteiger partial charge is 0.481 e. The van der Waals surface area contributed by atoms with Gasteiger partial charge in [0, 0.05) is 0 Å². The van der Waals surface area contributed by atoms with Crippen LogP contribution in [0.4, 0.5) is 0 Å². The van der Waals surface area contributed by atoms with E-state index < -0.39 is 23.8 Å². The number of carboxylic acid groups (broad SMARTS) is 2. The Kier molecular flexibility index (Phi) is 20.1. The first-order valence-electron chi connectivity index (χ1n) is 10.1. The minimum atomic E-state index is -0.954. The minimum Gasteiger partial charge on any atom is -0.481 e. The lowest BCUT2D eigenvalue weighted by Crippen LogP contribution is -2.30. The zero-order valence-electron chi connectivity index (χ0n) is 16.9. The summed E-state index contributed by atoms with van der Waals surface area (Å²) in [6.45, 7) is 10.6. The molecule has 150 valence electrons. The van der Waals surface area contributed by atoms with Gasteiger partial charge in [0.05, 0.1) is 11.8 Å². The fourth-order valence-electron chi connectivity index (χ4n) is 2.83. The molecule has 0 heterocycles. The number of hydrogen-bond acceptors (Lipinski definition) is 3. The van der Waals surface area contributed by atoms with E-state index in [1.807, 2.05) is 0 Å². The van der Waals surface area contributed by atoms with Crippen molar-refractivity contribution in [3.63, 3.8) is 0 Å². The Labute approximate surface area is 154 Å². The number of carboxylic acids is 2. The van der Waals surface area contributed by atoms with Crippen LogP contribution in [0.15, 0.2) is 0 Å². The summed E-state index contributed by atoms with van der Waals surface area (Å²) in [5, 5.41) is 21.7. The Balaban J connectivity index is 0. The van der Waals surface area contributed by atoms with E-state index in [-0.39, 0.29) is 0 Å². The summed E-state index contributed by atoms with van der Waals surface area (Å²) >= 11 is 0. The van der Waals surface area contributed by atoms with Gasteiger partial charge in [0.2, 0.25) is 0 Å². The third kappa shape index (κ3) is 16.1. The topological polar surface area (TPSA) is 86.6 Å². The second-order valence-electron chi connectivity index (χ2n) is 6.55. The molecule has 0 radical (unpaired) electrons. The highest BCUT2D eigenvalue weighted by atomic mass is 16.4. The second-order valence-corrected chi connectivity index (χ2v) is 6.55. The van der Waals surface area contributed by atoms with E-state index >= 15 is 0 Å². The molecule has 0 aliphatic heterocycles. The molecule has 0 aromatic rings. The van der Waals surface area contributed by atoms with Gasteiger partial charge >= 0.3 is 11.9 Å². The molecule has 0 saturated carbocycles. The quantitative estimate of drug-likeness (QED) is 0.360. The van der Waals surface area contributed by atoms with Crippen LogP contribution in [0.25, 0.3) is 0 Å². The van der Waals surface area contributed by atoms with Crippen molar-refractivity contribution >= 4 is 11.9 Å². The van der Waals surface area contributed by atoms with E-state index in [0.29, 0.717) is 12.8 Å². The molecule has 25 heavy (non-hydrogen) atoms. The Hall–Kier alpha value is -1.10. The maximum absolute atomic E-state index is 11.3. The van der Waals surface area contributed by atoms with E-state index in [1.165, 1.54) is 0 Å². The van der Waals surface area contributed by atoms with Crippen molar-refractivity contribution in [2.24, 2.45) is 11.8 Å². The van der Waals surface area contributed by atoms with Crippen molar-refractivity contribution in [1.82, 2.24) is 5.32 Å². The number of carbonyl (C=O) groups is 2. The smallest absolute Gasteiger partial charge is 0.307 e. The first-order chi connectivity index (χ1) is 12.0. The molecule has 0 aliphatic rings. The van der Waals surface area contributed by atoms with Gasteiger partial charge in [0.15, 0.2) is 0 Å². The molecule has 2 atom stereocenters. The van der Waals surface area contributed by atoms with Gasteiger partial charge in [-0.1, -0.05) is 79.1 Å². The highest BCUT2D eigenvalue weighted by Gasteiger charge is 2.32. The molecule has 5 nitrogen and oxygen atoms in total. The van der Waals surface area contributed by atoms with Crippen molar-refractivity contribution in [2.45, 2.75) is 91.9 Å². The first-order valence-corrected chi connectivity index (χ1v) is 10.1. The van der Waals surface area contributed by atoms with Crippen LogP contribution in [-0.4, -0.2) is 35.2 Å². The molecule has 0 fully saturated rings. The third-order valence-electron chi connectivity index (χ3n) is 4.36. The van der Waals surface area contributed by atoms with Crippen molar-refractivity contribution in [1.29, 1.82) is 0 Å². The highest BCUT2D eigenvalue weighted by molar-refractivity contribution is 5.79. The lowest BCUT2D eigenvalue weighted by atomic mass is 9.84. The zero-order chi connectivity index (χ0) is 19.5. The van der Waals surface area contributed by atoms with E-state index in [0.717, 1.165) is 64.5 Å². The monoisotopic (exact) mass is 359 g/mol. The maximum atomic E-state index is 11.3. The van der Waals surface area contributed by atoms with Crippen LogP contribution in [0.2, 0.25) is 0 Å². The summed E-state index contributed by atoms with van der Waals surface area (Å²) in [6, 6.07) is 0. The highest BCUT2D eigenvalue weighted by Crippen LogP contribution is 2.25. The molecular weight excluding hydrogens is 318 g/mol. The zero-order valence-corrected chi connectivity index (χ0v) is 16.9. The predicted molar refractivity (Wildman–Crippen MR) is 104 cm³/mol. The molecule has 0 aromatic carbocycles. The van der Waals surface area contributed by atoms with Crippen LogP contribution >= 0.6 is 0 Å². The Bertz CT molecular complexity index is 291. The van der Waals surface area contributed by atoms with Gasteiger partial charge in [0.25, 0.3) is 0 Å². The summed E-state index contributed by atoms with van der Waals surface area (Å²) in [5.41, 5.74) is 0. The van der Waals surface area contributed by atoms with Gasteiger partial charge < -0.3 is 15.5 Å². The van der Waals surface area contributed by atoms with Crippen molar-refractivity contribution in [2.75, 3.05) is 13.1 Å². The van der Waals surface area contributed by atoms with Crippen LogP contribution in [0, 0.1) is 11.8 Å². The molecule has 3 N–H and O–H groups in total. The average Bonchev–Trinajstić information content (AvgIpc) is 2.57. The lowest BCUT2D eigenvalue weighted by molar-refractivity contribution is -0.154. The van der Waals surface area contributed by atoms with E-state index in [1.54, 1.807) is 0 Å². The van der Waals surface area contributed by atoms with Crippen LogP contribution in [0.5, 0.6) is 0 Å². The summed E-state index contributed by atoms with van der Waals surface area (Å²) in [5.74, 6) is -3.37. The maximum Gasteiger partial charge on any atom is 0.307 e. The molecular formula is C20H41NO4. The average molecular weight is 360 g/mol. The number of nitrogens with one attached hydrogen (secondary N) is 1. The summed E-state index contributed by atoms with van der Waals surface area (Å²) in [4.78, 5) is 22.7. The van der Waals surface area contributed by atoms with Gasteiger partial charge in [-0.05, 0) is 25.9 Å². The molecule has 2 unspecified atom stereocenters. The van der Waals surface area contributed by atoms with Crippen LogP contribution < -0.4 is 5.32 Å². The SMILES string of the molecule is CCCCCCC(C(=O)O)C(CCCCCC)C(=O)O.CCNCC. The second kappa shape index (κ2) is 19.2. The lowest BCUT2D eigenvalue weighted by Gasteiger charge is -2.20. The van der Waals surface area contributed by atoms with Gasteiger partial charge in [-0.2, -0.15) is 0 Å². The number of unbranched alkanes of at least 4 members (excludes halogenated alkanes) is 6. The molecule has 0 amide bonds. The number of hydrogen-bond donors (Lipinski definition) is 3. The third-order valence-corrected chi connectivity index (χ3v) is 4.36. The van der Waals surface area contributed by atoms with E-state index in [4.69, 9.17) is 0 Å². The normalized spacial score (nSPS) is 12.8. The van der Waals surface area contributed by atoms with Gasteiger partial charge in [0.1, 0.15) is 0 Å². The Morgan fingerprint density at radius 3 is 1.24 bits per heavy atom.